The van der Waals surface area contributed by atoms with E-state index in [9.17, 15) is 9.59 Å². The predicted molar refractivity (Wildman–Crippen MR) is 158 cm³/mol. The van der Waals surface area contributed by atoms with E-state index < -0.39 is 35.2 Å². The number of rotatable bonds is 11. The molecular weight excluding hydrogens is 578 g/mol. The van der Waals surface area contributed by atoms with Gasteiger partial charge in [0, 0.05) is 4.90 Å². The van der Waals surface area contributed by atoms with Crippen LogP contribution in [0.15, 0.2) is 40.5 Å². The lowest BCUT2D eigenvalue weighted by atomic mass is 10.2. The van der Waals surface area contributed by atoms with Crippen molar-refractivity contribution in [3.05, 3.63) is 30.6 Å². The molecule has 3 aromatic rings. The summed E-state index contributed by atoms with van der Waals surface area (Å²) in [6, 6.07) is 7.59. The van der Waals surface area contributed by atoms with Gasteiger partial charge in [0.25, 0.3) is 0 Å². The molecule has 1 fully saturated rings. The van der Waals surface area contributed by atoms with Crippen molar-refractivity contribution in [2.75, 3.05) is 26.1 Å². The topological polar surface area (TPSA) is 159 Å². The van der Waals surface area contributed by atoms with Gasteiger partial charge in [-0.05, 0) is 78.6 Å². The summed E-state index contributed by atoms with van der Waals surface area (Å²) in [5, 5.41) is 0.617. The summed E-state index contributed by atoms with van der Waals surface area (Å²) >= 11 is 1.42. The zero-order valence-corrected chi connectivity index (χ0v) is 26.4. The number of carbonyl (C=O) groups is 2. The Morgan fingerprint density at radius 1 is 0.977 bits per heavy atom. The average molecular weight is 618 g/mol. The van der Waals surface area contributed by atoms with Crippen LogP contribution >= 0.6 is 11.8 Å². The van der Waals surface area contributed by atoms with E-state index in [0.29, 0.717) is 22.7 Å². The lowest BCUT2D eigenvalue weighted by Gasteiger charge is -2.26. The molecule has 2 heterocycles. The van der Waals surface area contributed by atoms with Gasteiger partial charge in [0.2, 0.25) is 5.95 Å². The number of nitrogens with two attached hydrogens (primary N) is 1. The number of benzene rings is 1. The Bertz CT molecular complexity index is 1400. The number of aromatic nitrogens is 4. The molecule has 0 atom stereocenters. The van der Waals surface area contributed by atoms with Crippen LogP contribution in [-0.2, 0) is 30.2 Å². The molecule has 4 rings (SSSR count). The van der Waals surface area contributed by atoms with Crippen LogP contribution in [0.2, 0.25) is 0 Å². The fourth-order valence-electron chi connectivity index (χ4n) is 3.99. The van der Waals surface area contributed by atoms with E-state index in [2.05, 4.69) is 15.0 Å². The third kappa shape index (κ3) is 9.61. The van der Waals surface area contributed by atoms with Crippen molar-refractivity contribution in [1.29, 1.82) is 0 Å². The van der Waals surface area contributed by atoms with Gasteiger partial charge in [0.15, 0.2) is 5.65 Å². The summed E-state index contributed by atoms with van der Waals surface area (Å²) in [4.78, 5) is 38.8. The summed E-state index contributed by atoms with van der Waals surface area (Å²) < 4.78 is 34.6. The van der Waals surface area contributed by atoms with Gasteiger partial charge in [0.1, 0.15) is 46.8 Å². The summed E-state index contributed by atoms with van der Waals surface area (Å²) in [7, 11) is 1.62. The first-order valence-electron chi connectivity index (χ1n) is 13.8. The first-order valence-corrected chi connectivity index (χ1v) is 14.6. The average Bonchev–Trinajstić information content (AvgIpc) is 3.54. The molecule has 1 aliphatic rings. The minimum absolute atomic E-state index is 0.116. The molecule has 2 aromatic heterocycles. The van der Waals surface area contributed by atoms with Crippen LogP contribution in [0, 0.1) is 0 Å². The Morgan fingerprint density at radius 2 is 1.56 bits per heavy atom. The zero-order chi connectivity index (χ0) is 31.4. The molecule has 43 heavy (non-hydrogen) atoms. The molecule has 0 spiro atoms. The summed E-state index contributed by atoms with van der Waals surface area (Å²) in [5.74, 6) is 0.868. The first-order chi connectivity index (χ1) is 20.1. The number of nitrogens with zero attached hydrogens (tertiary/aromatic N) is 4. The second-order valence-corrected chi connectivity index (χ2v) is 13.2. The summed E-state index contributed by atoms with van der Waals surface area (Å²) in [6.45, 7) is 10.4. The van der Waals surface area contributed by atoms with Crippen LogP contribution in [0.1, 0.15) is 54.4 Å². The van der Waals surface area contributed by atoms with E-state index in [-0.39, 0.29) is 19.2 Å². The third-order valence-electron chi connectivity index (χ3n) is 5.96. The number of hydrogen-bond donors (Lipinski definition) is 1. The van der Waals surface area contributed by atoms with Gasteiger partial charge >= 0.3 is 12.3 Å². The Balaban J connectivity index is 1.48. The normalized spacial score (nSPS) is 14.4. The third-order valence-corrected chi connectivity index (χ3v) is 6.95. The van der Waals surface area contributed by atoms with Crippen molar-refractivity contribution < 1.29 is 38.0 Å². The van der Waals surface area contributed by atoms with Gasteiger partial charge in [-0.2, -0.15) is 4.98 Å². The Morgan fingerprint density at radius 3 is 2.07 bits per heavy atom. The maximum atomic E-state index is 12.2. The molecule has 0 bridgehead atoms. The minimum atomic E-state index is -0.849. The molecule has 2 N–H and O–H groups in total. The quantitative estimate of drug-likeness (QED) is 0.216. The molecule has 14 heteroatoms. The SMILES string of the molecule is COc1ccc(Sc2nc(N)nc3c2ncn3CC2(OC(COC(=O)OC(C)(C)C)COC(=O)OC(C)(C)C)CC2)cc1. The highest BCUT2D eigenvalue weighted by atomic mass is 32.2. The van der Waals surface area contributed by atoms with Crippen LogP contribution in [-0.4, -0.2) is 75.1 Å². The smallest absolute Gasteiger partial charge is 0.497 e. The van der Waals surface area contributed by atoms with Crippen molar-refractivity contribution in [3.8, 4) is 5.75 Å². The summed E-state index contributed by atoms with van der Waals surface area (Å²) in [5.41, 5.74) is 5.16. The predicted octanol–water partition coefficient (Wildman–Crippen LogP) is 5.39. The van der Waals surface area contributed by atoms with Gasteiger partial charge in [-0.25, -0.2) is 19.6 Å². The van der Waals surface area contributed by atoms with Crippen LogP contribution in [0.5, 0.6) is 5.75 Å². The van der Waals surface area contributed by atoms with Gasteiger partial charge in [-0.1, -0.05) is 11.8 Å². The highest BCUT2D eigenvalue weighted by Gasteiger charge is 2.47. The number of imidazole rings is 1. The second kappa shape index (κ2) is 12.8. The molecule has 1 saturated carbocycles. The number of carbonyl (C=O) groups excluding carboxylic acids is 2. The molecule has 0 radical (unpaired) electrons. The van der Waals surface area contributed by atoms with Crippen molar-refractivity contribution in [3.63, 3.8) is 0 Å². The van der Waals surface area contributed by atoms with E-state index in [1.807, 2.05) is 28.8 Å². The Hall–Kier alpha value is -3.78. The number of hydrogen-bond acceptors (Lipinski definition) is 13. The highest BCUT2D eigenvalue weighted by Crippen LogP contribution is 2.43. The van der Waals surface area contributed by atoms with Gasteiger partial charge in [-0.15, -0.1) is 0 Å². The number of anilines is 1. The lowest BCUT2D eigenvalue weighted by molar-refractivity contribution is -0.105. The molecule has 0 unspecified atom stereocenters. The monoisotopic (exact) mass is 617 g/mol. The molecule has 0 aliphatic heterocycles. The van der Waals surface area contributed by atoms with E-state index >= 15 is 0 Å². The molecule has 0 saturated heterocycles. The van der Waals surface area contributed by atoms with E-state index in [4.69, 9.17) is 34.2 Å². The lowest BCUT2D eigenvalue weighted by Crippen LogP contribution is -2.37. The van der Waals surface area contributed by atoms with Crippen LogP contribution in [0.25, 0.3) is 11.2 Å². The van der Waals surface area contributed by atoms with Gasteiger partial charge in [-0.3, -0.25) is 0 Å². The second-order valence-electron chi connectivity index (χ2n) is 12.2. The van der Waals surface area contributed by atoms with Crippen molar-refractivity contribution >= 4 is 41.2 Å². The first kappa shape index (κ1) is 32.1. The van der Waals surface area contributed by atoms with E-state index in [1.54, 1.807) is 55.0 Å². The molecule has 1 aliphatic carbocycles. The maximum absolute atomic E-state index is 12.2. The number of ether oxygens (including phenoxy) is 6. The van der Waals surface area contributed by atoms with Crippen LogP contribution in [0.4, 0.5) is 15.5 Å². The number of methoxy groups -OCH3 is 1. The molecule has 234 valence electrons. The van der Waals surface area contributed by atoms with Crippen LogP contribution < -0.4 is 10.5 Å². The van der Waals surface area contributed by atoms with Crippen molar-refractivity contribution in [1.82, 2.24) is 19.5 Å². The fourth-order valence-corrected chi connectivity index (χ4v) is 4.87. The largest absolute Gasteiger partial charge is 0.508 e. The van der Waals surface area contributed by atoms with Gasteiger partial charge in [0.05, 0.1) is 25.6 Å². The highest BCUT2D eigenvalue weighted by molar-refractivity contribution is 7.99. The van der Waals surface area contributed by atoms with Crippen LogP contribution in [0.3, 0.4) is 0 Å². The molecule has 13 nitrogen and oxygen atoms in total. The molecule has 0 amide bonds. The standard InChI is InChI=1S/C29H39N5O8S/c1-27(2,3)41-25(35)38-14-19(15-39-26(36)42-28(4,5)6)40-29(12-13-29)16-34-17-31-21-22(34)32-24(30)33-23(21)43-20-10-8-18(37-7)9-11-20/h8-11,17,19H,12-16H2,1-7H3,(H2,30,32,33). The van der Waals surface area contributed by atoms with Crippen molar-refractivity contribution in [2.24, 2.45) is 0 Å². The number of nitrogen functional groups attached to an aromatic ring is 1. The number of fused-ring (bicyclic) bond motifs is 1. The van der Waals surface area contributed by atoms with E-state index in [1.165, 1.54) is 11.8 Å². The summed E-state index contributed by atoms with van der Waals surface area (Å²) in [6.07, 6.45) is 0.629. The minimum Gasteiger partial charge on any atom is -0.497 e. The Labute approximate surface area is 254 Å². The zero-order valence-electron chi connectivity index (χ0n) is 25.5. The van der Waals surface area contributed by atoms with Crippen molar-refractivity contribution in [2.45, 2.75) is 93.8 Å². The molecular formula is C29H39N5O8S. The van der Waals surface area contributed by atoms with E-state index in [0.717, 1.165) is 23.5 Å². The maximum Gasteiger partial charge on any atom is 0.508 e. The Kier molecular flexibility index (Phi) is 9.60. The van der Waals surface area contributed by atoms with Gasteiger partial charge < -0.3 is 38.7 Å². The fraction of sp³-hybridized carbons (Fsp3) is 0.552. The molecule has 1 aromatic carbocycles.